The van der Waals surface area contributed by atoms with E-state index in [9.17, 15) is 16.7 Å². The van der Waals surface area contributed by atoms with E-state index in [1.165, 1.54) is 0 Å². The molecule has 0 aliphatic heterocycles. The van der Waals surface area contributed by atoms with Crippen molar-refractivity contribution in [2.24, 2.45) is 0 Å². The van der Waals surface area contributed by atoms with E-state index in [-0.39, 0.29) is 0 Å². The van der Waals surface area contributed by atoms with Crippen LogP contribution in [0.5, 0.6) is 0 Å². The standard InChI is InChI=1S/C4H6F2O2S/c5-3-1-2-4-9(6,7)8/h1-2H,3-4H2/b2-1-. The third-order valence-electron chi connectivity index (χ3n) is 0.551. The Morgan fingerprint density at radius 3 is 2.22 bits per heavy atom. The number of alkyl halides is 1. The highest BCUT2D eigenvalue weighted by Gasteiger charge is 2.00. The van der Waals surface area contributed by atoms with E-state index in [4.69, 9.17) is 0 Å². The molecule has 0 radical (unpaired) electrons. The third kappa shape index (κ3) is 7.55. The summed E-state index contributed by atoms with van der Waals surface area (Å²) in [6, 6.07) is 0. The number of allylic oxidation sites excluding steroid dienone is 1. The molecule has 2 nitrogen and oxygen atoms in total. The molecule has 0 N–H and O–H groups in total. The molecule has 0 bridgehead atoms. The summed E-state index contributed by atoms with van der Waals surface area (Å²) in [7, 11) is -4.45. The normalized spacial score (nSPS) is 12.7. The van der Waals surface area contributed by atoms with Crippen molar-refractivity contribution in [3.8, 4) is 0 Å². The van der Waals surface area contributed by atoms with Crippen LogP contribution in [0.15, 0.2) is 12.2 Å². The topological polar surface area (TPSA) is 34.1 Å². The quantitative estimate of drug-likeness (QED) is 0.447. The summed E-state index contributed by atoms with van der Waals surface area (Å²) in [5, 5.41) is 0. The van der Waals surface area contributed by atoms with Gasteiger partial charge in [0.05, 0.1) is 5.75 Å². The molecule has 0 aromatic carbocycles. The predicted octanol–water partition coefficient (Wildman–Crippen LogP) is 0.811. The Morgan fingerprint density at radius 1 is 1.33 bits per heavy atom. The van der Waals surface area contributed by atoms with Crippen molar-refractivity contribution < 1.29 is 16.7 Å². The van der Waals surface area contributed by atoms with Gasteiger partial charge in [-0.15, -0.1) is 3.89 Å². The zero-order valence-corrected chi connectivity index (χ0v) is 5.37. The molecule has 0 unspecified atom stereocenters. The predicted molar refractivity (Wildman–Crippen MR) is 30.0 cm³/mol. The van der Waals surface area contributed by atoms with Gasteiger partial charge in [0.25, 0.3) is 0 Å². The first-order chi connectivity index (χ1) is 4.06. The Hall–Kier alpha value is -0.450. The summed E-state index contributed by atoms with van der Waals surface area (Å²) in [5.74, 6) is -0.739. The number of rotatable bonds is 3. The van der Waals surface area contributed by atoms with Gasteiger partial charge >= 0.3 is 10.2 Å². The van der Waals surface area contributed by atoms with Crippen LogP contribution in [0.2, 0.25) is 0 Å². The Morgan fingerprint density at radius 2 is 1.89 bits per heavy atom. The highest BCUT2D eigenvalue weighted by molar-refractivity contribution is 7.86. The molecule has 0 amide bonds. The van der Waals surface area contributed by atoms with Crippen LogP contribution in [0.3, 0.4) is 0 Å². The van der Waals surface area contributed by atoms with Gasteiger partial charge in [0.1, 0.15) is 6.67 Å². The number of hydrogen-bond donors (Lipinski definition) is 0. The molecule has 0 saturated heterocycles. The molecule has 0 rings (SSSR count). The Kier molecular flexibility index (Phi) is 3.37. The first-order valence-corrected chi connectivity index (χ1v) is 3.75. The maximum Gasteiger partial charge on any atom is 0.305 e. The van der Waals surface area contributed by atoms with Crippen molar-refractivity contribution in [2.75, 3.05) is 12.4 Å². The lowest BCUT2D eigenvalue weighted by Crippen LogP contribution is -1.93. The second-order valence-corrected chi connectivity index (χ2v) is 2.74. The van der Waals surface area contributed by atoms with Gasteiger partial charge in [-0.05, 0) is 0 Å². The van der Waals surface area contributed by atoms with Crippen molar-refractivity contribution in [3.05, 3.63) is 12.2 Å². The molecule has 0 fully saturated rings. The SMILES string of the molecule is O=S(=O)(F)C/C=C\CF. The summed E-state index contributed by atoms with van der Waals surface area (Å²) >= 11 is 0. The van der Waals surface area contributed by atoms with E-state index in [0.717, 1.165) is 12.2 Å². The van der Waals surface area contributed by atoms with Crippen LogP contribution in [0, 0.1) is 0 Å². The highest BCUT2D eigenvalue weighted by atomic mass is 32.3. The van der Waals surface area contributed by atoms with Crippen molar-refractivity contribution in [1.29, 1.82) is 0 Å². The average molecular weight is 156 g/mol. The highest BCUT2D eigenvalue weighted by Crippen LogP contribution is 1.90. The minimum Gasteiger partial charge on any atom is -0.247 e. The van der Waals surface area contributed by atoms with Crippen molar-refractivity contribution in [3.63, 3.8) is 0 Å². The Bertz CT molecular complexity index is 183. The van der Waals surface area contributed by atoms with E-state index in [0.29, 0.717) is 0 Å². The molecule has 54 valence electrons. The molecule has 0 aromatic heterocycles. The Balaban J connectivity index is 3.65. The molecule has 5 heteroatoms. The van der Waals surface area contributed by atoms with Crippen molar-refractivity contribution >= 4 is 10.2 Å². The fraction of sp³-hybridized carbons (Fsp3) is 0.500. The van der Waals surface area contributed by atoms with Crippen molar-refractivity contribution in [1.82, 2.24) is 0 Å². The Labute approximate surface area is 52.4 Å². The zero-order valence-electron chi connectivity index (χ0n) is 4.55. The molecule has 0 aliphatic rings. The van der Waals surface area contributed by atoms with Gasteiger partial charge in [0.2, 0.25) is 0 Å². The molecular formula is C4H6F2O2S. The summed E-state index contributed by atoms with van der Waals surface area (Å²) < 4.78 is 42.0. The minimum absolute atomic E-state index is 0.739. The maximum atomic E-state index is 11.5. The minimum atomic E-state index is -4.45. The number of hydrogen-bond acceptors (Lipinski definition) is 2. The summed E-state index contributed by atoms with van der Waals surface area (Å²) in [5.41, 5.74) is 0. The third-order valence-corrected chi connectivity index (χ3v) is 1.14. The second kappa shape index (κ2) is 3.55. The lowest BCUT2D eigenvalue weighted by molar-refractivity contribution is 0.554. The summed E-state index contributed by atoms with van der Waals surface area (Å²) in [4.78, 5) is 0. The van der Waals surface area contributed by atoms with Crippen LogP contribution in [-0.2, 0) is 10.2 Å². The fourth-order valence-corrected chi connectivity index (χ4v) is 0.612. The van der Waals surface area contributed by atoms with E-state index in [1.54, 1.807) is 0 Å². The molecule has 0 saturated carbocycles. The van der Waals surface area contributed by atoms with Crippen LogP contribution < -0.4 is 0 Å². The maximum absolute atomic E-state index is 11.5. The zero-order chi connectivity index (χ0) is 7.33. The largest absolute Gasteiger partial charge is 0.305 e. The second-order valence-electron chi connectivity index (χ2n) is 1.33. The van der Waals surface area contributed by atoms with Gasteiger partial charge in [-0.2, -0.15) is 8.42 Å². The smallest absolute Gasteiger partial charge is 0.247 e. The van der Waals surface area contributed by atoms with Crippen LogP contribution in [0.4, 0.5) is 8.28 Å². The lowest BCUT2D eigenvalue weighted by atomic mass is 10.6. The summed E-state index contributed by atoms with van der Waals surface area (Å²) in [6.07, 6.45) is 1.87. The van der Waals surface area contributed by atoms with Gasteiger partial charge < -0.3 is 0 Å². The average Bonchev–Trinajstić information content (AvgIpc) is 1.63. The van der Waals surface area contributed by atoms with E-state index >= 15 is 0 Å². The van der Waals surface area contributed by atoms with Crippen LogP contribution >= 0.6 is 0 Å². The monoisotopic (exact) mass is 156 g/mol. The van der Waals surface area contributed by atoms with Crippen LogP contribution in [0.25, 0.3) is 0 Å². The van der Waals surface area contributed by atoms with Crippen LogP contribution in [0.1, 0.15) is 0 Å². The molecule has 0 spiro atoms. The van der Waals surface area contributed by atoms with Gasteiger partial charge in [-0.1, -0.05) is 12.2 Å². The molecule has 0 heterocycles. The molecular weight excluding hydrogens is 150 g/mol. The summed E-state index contributed by atoms with van der Waals surface area (Å²) in [6.45, 7) is -0.768. The first-order valence-electron chi connectivity index (χ1n) is 2.19. The molecule has 0 atom stereocenters. The van der Waals surface area contributed by atoms with Gasteiger partial charge in [0, 0.05) is 0 Å². The molecule has 0 aliphatic carbocycles. The number of halogens is 2. The van der Waals surface area contributed by atoms with E-state index < -0.39 is 22.7 Å². The van der Waals surface area contributed by atoms with Crippen LogP contribution in [-0.4, -0.2) is 20.8 Å². The van der Waals surface area contributed by atoms with Gasteiger partial charge in [-0.25, -0.2) is 4.39 Å². The first kappa shape index (κ1) is 8.55. The van der Waals surface area contributed by atoms with Gasteiger partial charge in [-0.3, -0.25) is 0 Å². The van der Waals surface area contributed by atoms with Gasteiger partial charge in [0.15, 0.2) is 0 Å². The fourth-order valence-electron chi connectivity index (χ4n) is 0.246. The van der Waals surface area contributed by atoms with E-state index in [2.05, 4.69) is 0 Å². The molecule has 9 heavy (non-hydrogen) atoms. The molecule has 0 aromatic rings. The lowest BCUT2D eigenvalue weighted by Gasteiger charge is -1.81. The van der Waals surface area contributed by atoms with E-state index in [1.807, 2.05) is 0 Å². The van der Waals surface area contributed by atoms with Crippen molar-refractivity contribution in [2.45, 2.75) is 0 Å².